The Hall–Kier alpha value is -3.29. The van der Waals surface area contributed by atoms with E-state index in [1.807, 2.05) is 48.7 Å². The zero-order valence-electron chi connectivity index (χ0n) is 17.1. The van der Waals surface area contributed by atoms with E-state index >= 15 is 0 Å². The summed E-state index contributed by atoms with van der Waals surface area (Å²) < 4.78 is 7.07. The Balaban J connectivity index is 1.66. The quantitative estimate of drug-likeness (QED) is 0.335. The third-order valence-electron chi connectivity index (χ3n) is 4.52. The molecule has 1 heterocycles. The zero-order valence-corrected chi connectivity index (χ0v) is 18.6. The molecule has 1 aromatic heterocycles. The van der Waals surface area contributed by atoms with Gasteiger partial charge >= 0.3 is 11.8 Å². The lowest BCUT2D eigenvalue weighted by molar-refractivity contribution is -0.136. The molecule has 7 nitrogen and oxygen atoms in total. The summed E-state index contributed by atoms with van der Waals surface area (Å²) in [5.41, 5.74) is 6.18. The summed E-state index contributed by atoms with van der Waals surface area (Å²) in [5, 5.41) is 7.31. The van der Waals surface area contributed by atoms with Crippen LogP contribution in [0.25, 0.3) is 5.69 Å². The van der Waals surface area contributed by atoms with Crippen molar-refractivity contribution in [1.82, 2.24) is 9.99 Å². The number of carbonyl (C=O) groups excluding carboxylic acids is 2. The molecule has 0 atom stereocenters. The highest BCUT2D eigenvalue weighted by atomic mass is 35.5. The van der Waals surface area contributed by atoms with Crippen molar-refractivity contribution in [2.45, 2.75) is 13.8 Å². The summed E-state index contributed by atoms with van der Waals surface area (Å²) in [6.07, 6.45) is 1.48. The van der Waals surface area contributed by atoms with Crippen molar-refractivity contribution in [1.29, 1.82) is 0 Å². The van der Waals surface area contributed by atoms with Gasteiger partial charge in [-0.25, -0.2) is 5.43 Å². The van der Waals surface area contributed by atoms with Gasteiger partial charge in [0.15, 0.2) is 0 Å². The number of hydrogen-bond donors (Lipinski definition) is 2. The Labute approximate surface area is 189 Å². The van der Waals surface area contributed by atoms with E-state index in [4.69, 9.17) is 27.9 Å². The van der Waals surface area contributed by atoms with E-state index in [1.54, 1.807) is 12.1 Å². The van der Waals surface area contributed by atoms with Crippen LogP contribution in [0.5, 0.6) is 5.75 Å². The summed E-state index contributed by atoms with van der Waals surface area (Å²) in [4.78, 5) is 24.1. The number of aryl methyl sites for hydroxylation is 1. The van der Waals surface area contributed by atoms with Gasteiger partial charge in [-0.3, -0.25) is 9.59 Å². The van der Waals surface area contributed by atoms with Gasteiger partial charge in [0, 0.05) is 33.3 Å². The third kappa shape index (κ3) is 5.25. The zero-order chi connectivity index (χ0) is 22.5. The maximum atomic E-state index is 12.1. The van der Waals surface area contributed by atoms with Crippen LogP contribution in [-0.4, -0.2) is 29.7 Å². The SMILES string of the molecule is COc1ccc(NC(=O)C(=O)N/N=C/c2cc(C)n(-c3cccc(Cl)c3)c2C)cc1Cl. The summed E-state index contributed by atoms with van der Waals surface area (Å²) >= 11 is 12.1. The minimum absolute atomic E-state index is 0.314. The van der Waals surface area contributed by atoms with Gasteiger partial charge < -0.3 is 14.6 Å². The van der Waals surface area contributed by atoms with Crippen molar-refractivity contribution in [3.05, 3.63) is 75.5 Å². The molecule has 2 amide bonds. The van der Waals surface area contributed by atoms with Crippen molar-refractivity contribution in [2.75, 3.05) is 12.4 Å². The van der Waals surface area contributed by atoms with Gasteiger partial charge in [0.1, 0.15) is 5.75 Å². The summed E-state index contributed by atoms with van der Waals surface area (Å²) in [6, 6.07) is 14.1. The van der Waals surface area contributed by atoms with Crippen LogP contribution < -0.4 is 15.5 Å². The smallest absolute Gasteiger partial charge is 0.329 e. The van der Waals surface area contributed by atoms with E-state index in [1.165, 1.54) is 19.4 Å². The van der Waals surface area contributed by atoms with E-state index in [0.717, 1.165) is 22.6 Å². The second-order valence-corrected chi connectivity index (χ2v) is 7.49. The molecule has 2 aromatic carbocycles. The fraction of sp³-hybridized carbons (Fsp3) is 0.136. The van der Waals surface area contributed by atoms with Gasteiger partial charge in [-0.1, -0.05) is 29.3 Å². The van der Waals surface area contributed by atoms with Gasteiger partial charge in [-0.05, 0) is 56.3 Å². The van der Waals surface area contributed by atoms with Crippen LogP contribution in [0.15, 0.2) is 53.6 Å². The number of hydrazone groups is 1. The monoisotopic (exact) mass is 458 g/mol. The Morgan fingerprint density at radius 1 is 1.06 bits per heavy atom. The van der Waals surface area contributed by atoms with Crippen LogP contribution in [0.2, 0.25) is 10.0 Å². The first-order valence-electron chi connectivity index (χ1n) is 9.23. The largest absolute Gasteiger partial charge is 0.495 e. The van der Waals surface area contributed by atoms with Crippen LogP contribution in [0.1, 0.15) is 17.0 Å². The first-order chi connectivity index (χ1) is 14.8. The van der Waals surface area contributed by atoms with E-state index in [0.29, 0.717) is 21.5 Å². The standard InChI is InChI=1S/C22H20Cl2N4O3/c1-13-9-15(14(2)28(13)18-6-4-5-16(23)10-18)12-25-27-22(30)21(29)26-17-7-8-20(31-3)19(24)11-17/h4-12H,1-3H3,(H,26,29)(H,27,30)/b25-12+. The molecule has 0 bridgehead atoms. The molecule has 0 aliphatic rings. The maximum Gasteiger partial charge on any atom is 0.329 e. The lowest BCUT2D eigenvalue weighted by atomic mass is 10.2. The summed E-state index contributed by atoms with van der Waals surface area (Å²) in [6.45, 7) is 3.88. The summed E-state index contributed by atoms with van der Waals surface area (Å²) in [5.74, 6) is -1.32. The fourth-order valence-corrected chi connectivity index (χ4v) is 3.52. The molecule has 0 fully saturated rings. The van der Waals surface area contributed by atoms with Gasteiger partial charge in [0.2, 0.25) is 0 Å². The molecule has 9 heteroatoms. The molecule has 0 aliphatic carbocycles. The van der Waals surface area contributed by atoms with Gasteiger partial charge in [-0.15, -0.1) is 0 Å². The first kappa shape index (κ1) is 22.4. The molecule has 0 radical (unpaired) electrons. The number of rotatable bonds is 5. The molecule has 3 rings (SSSR count). The number of halogens is 2. The van der Waals surface area contributed by atoms with Gasteiger partial charge in [0.05, 0.1) is 18.3 Å². The highest BCUT2D eigenvalue weighted by Gasteiger charge is 2.14. The van der Waals surface area contributed by atoms with Crippen LogP contribution >= 0.6 is 23.2 Å². The van der Waals surface area contributed by atoms with Gasteiger partial charge in [0.25, 0.3) is 0 Å². The minimum atomic E-state index is -0.910. The number of nitrogens with zero attached hydrogens (tertiary/aromatic N) is 2. The van der Waals surface area contributed by atoms with E-state index in [-0.39, 0.29) is 0 Å². The molecule has 0 unspecified atom stereocenters. The van der Waals surface area contributed by atoms with Crippen molar-refractivity contribution in [3.8, 4) is 11.4 Å². The molecule has 3 aromatic rings. The van der Waals surface area contributed by atoms with Crippen molar-refractivity contribution >= 4 is 46.9 Å². The fourth-order valence-electron chi connectivity index (χ4n) is 3.07. The number of ether oxygens (including phenoxy) is 1. The number of amides is 2. The molecule has 0 saturated carbocycles. The highest BCUT2D eigenvalue weighted by molar-refractivity contribution is 6.40. The molecule has 31 heavy (non-hydrogen) atoms. The lowest BCUT2D eigenvalue weighted by Crippen LogP contribution is -2.32. The molecule has 0 saturated heterocycles. The molecular weight excluding hydrogens is 439 g/mol. The van der Waals surface area contributed by atoms with Crippen LogP contribution in [0.4, 0.5) is 5.69 Å². The average molecular weight is 459 g/mol. The van der Waals surface area contributed by atoms with Crippen molar-refractivity contribution in [3.63, 3.8) is 0 Å². The Morgan fingerprint density at radius 3 is 2.52 bits per heavy atom. The second-order valence-electron chi connectivity index (χ2n) is 6.64. The Morgan fingerprint density at radius 2 is 1.84 bits per heavy atom. The number of anilines is 1. The summed E-state index contributed by atoms with van der Waals surface area (Å²) in [7, 11) is 1.48. The topological polar surface area (TPSA) is 84.7 Å². The van der Waals surface area contributed by atoms with E-state index in [2.05, 4.69) is 15.8 Å². The predicted octanol–water partition coefficient (Wildman–Crippen LogP) is 4.50. The maximum absolute atomic E-state index is 12.1. The van der Waals surface area contributed by atoms with Crippen LogP contribution in [0.3, 0.4) is 0 Å². The molecule has 2 N–H and O–H groups in total. The Bertz CT molecular complexity index is 1170. The molecular formula is C22H20Cl2N4O3. The second kappa shape index (κ2) is 9.68. The molecule has 0 aliphatic heterocycles. The number of benzene rings is 2. The van der Waals surface area contributed by atoms with Crippen molar-refractivity contribution < 1.29 is 14.3 Å². The minimum Gasteiger partial charge on any atom is -0.495 e. The number of aromatic nitrogens is 1. The number of hydrogen-bond acceptors (Lipinski definition) is 4. The number of methoxy groups -OCH3 is 1. The Kier molecular flexibility index (Phi) is 6.99. The highest BCUT2D eigenvalue weighted by Crippen LogP contribution is 2.27. The molecule has 0 spiro atoms. The third-order valence-corrected chi connectivity index (χ3v) is 5.05. The van der Waals surface area contributed by atoms with E-state index in [9.17, 15) is 9.59 Å². The van der Waals surface area contributed by atoms with Crippen LogP contribution in [-0.2, 0) is 9.59 Å². The van der Waals surface area contributed by atoms with Crippen molar-refractivity contribution in [2.24, 2.45) is 5.10 Å². The average Bonchev–Trinajstić information content (AvgIpc) is 3.01. The molecule has 160 valence electrons. The van der Waals surface area contributed by atoms with Crippen LogP contribution in [0, 0.1) is 13.8 Å². The van der Waals surface area contributed by atoms with Gasteiger partial charge in [-0.2, -0.15) is 5.10 Å². The number of nitrogens with one attached hydrogen (secondary N) is 2. The normalized spacial score (nSPS) is 10.9. The predicted molar refractivity (Wildman–Crippen MR) is 123 cm³/mol. The van der Waals surface area contributed by atoms with E-state index < -0.39 is 11.8 Å². The number of carbonyl (C=O) groups is 2. The first-order valence-corrected chi connectivity index (χ1v) is 9.98. The lowest BCUT2D eigenvalue weighted by Gasteiger charge is -2.09.